The van der Waals surface area contributed by atoms with E-state index >= 15 is 0 Å². The quantitative estimate of drug-likeness (QED) is 0.591. The summed E-state index contributed by atoms with van der Waals surface area (Å²) in [6.45, 7) is 3.05. The van der Waals surface area contributed by atoms with E-state index in [1.165, 1.54) is 11.1 Å². The maximum absolute atomic E-state index is 11.7. The first kappa shape index (κ1) is 18.0. The summed E-state index contributed by atoms with van der Waals surface area (Å²) >= 11 is 0. The normalized spacial score (nSPS) is 14.7. The molecule has 6 nitrogen and oxygen atoms in total. The molecule has 1 aliphatic heterocycles. The number of nitrogens with zero attached hydrogens (tertiary/aromatic N) is 2. The molecule has 2 heterocycles. The zero-order chi connectivity index (χ0) is 18.2. The van der Waals surface area contributed by atoms with E-state index in [2.05, 4.69) is 39.9 Å². The third-order valence-corrected chi connectivity index (χ3v) is 4.50. The Morgan fingerprint density at radius 1 is 1.19 bits per heavy atom. The van der Waals surface area contributed by atoms with Crippen molar-refractivity contribution in [1.82, 2.24) is 15.5 Å². The first-order valence-electron chi connectivity index (χ1n) is 9.07. The van der Waals surface area contributed by atoms with Crippen molar-refractivity contribution in [2.24, 2.45) is 4.99 Å². The van der Waals surface area contributed by atoms with Gasteiger partial charge in [-0.3, -0.25) is 9.79 Å². The molecule has 3 rings (SSSR count). The first-order valence-corrected chi connectivity index (χ1v) is 9.07. The van der Waals surface area contributed by atoms with E-state index in [4.69, 9.17) is 4.42 Å². The number of likely N-dealkylation sites (tertiary alicyclic amines) is 1. The second-order valence-electron chi connectivity index (χ2n) is 6.42. The Hall–Kier alpha value is -2.76. The molecule has 1 aliphatic rings. The van der Waals surface area contributed by atoms with Crippen LogP contribution in [0, 0.1) is 0 Å². The van der Waals surface area contributed by atoms with Crippen molar-refractivity contribution >= 4 is 11.9 Å². The molecule has 1 amide bonds. The van der Waals surface area contributed by atoms with E-state index in [1.54, 1.807) is 13.3 Å². The van der Waals surface area contributed by atoms with Crippen molar-refractivity contribution in [1.29, 1.82) is 0 Å². The molecule has 138 valence electrons. The molecule has 0 unspecified atom stereocenters. The van der Waals surface area contributed by atoms with Crippen LogP contribution in [0.2, 0.25) is 0 Å². The van der Waals surface area contributed by atoms with E-state index in [0.717, 1.165) is 37.7 Å². The lowest BCUT2D eigenvalue weighted by molar-refractivity contribution is -0.128. The third kappa shape index (κ3) is 5.12. The van der Waals surface area contributed by atoms with E-state index in [1.807, 2.05) is 17.0 Å². The fourth-order valence-electron chi connectivity index (χ4n) is 3.02. The summed E-state index contributed by atoms with van der Waals surface area (Å²) in [6, 6.07) is 12.2. The van der Waals surface area contributed by atoms with Gasteiger partial charge in [0.2, 0.25) is 5.91 Å². The van der Waals surface area contributed by atoms with Gasteiger partial charge in [0.15, 0.2) is 5.96 Å². The van der Waals surface area contributed by atoms with Crippen LogP contribution < -0.4 is 10.6 Å². The summed E-state index contributed by atoms with van der Waals surface area (Å²) in [4.78, 5) is 17.9. The second kappa shape index (κ2) is 9.08. The number of rotatable bonds is 7. The standard InChI is InChI=1S/C20H26N4O2/c1-21-20(22-11-10-18-4-3-13-26-18)23-14-16-6-8-17(9-7-16)15-24-12-2-5-19(24)25/h3-4,6-9,13H,2,5,10-12,14-15H2,1H3,(H2,21,22,23). The lowest BCUT2D eigenvalue weighted by Gasteiger charge is -2.16. The van der Waals surface area contributed by atoms with Gasteiger partial charge in [0.25, 0.3) is 0 Å². The molecule has 0 bridgehead atoms. The van der Waals surface area contributed by atoms with Gasteiger partial charge in [-0.25, -0.2) is 0 Å². The van der Waals surface area contributed by atoms with Crippen molar-refractivity contribution in [3.8, 4) is 0 Å². The minimum absolute atomic E-state index is 0.264. The Bertz CT molecular complexity index is 723. The lowest BCUT2D eigenvalue weighted by Crippen LogP contribution is -2.37. The highest BCUT2D eigenvalue weighted by Crippen LogP contribution is 2.14. The summed E-state index contributed by atoms with van der Waals surface area (Å²) in [5.41, 5.74) is 2.35. The summed E-state index contributed by atoms with van der Waals surface area (Å²) in [5, 5.41) is 6.59. The van der Waals surface area contributed by atoms with Gasteiger partial charge in [-0.15, -0.1) is 0 Å². The number of carbonyl (C=O) groups excluding carboxylic acids is 1. The van der Waals surface area contributed by atoms with Gasteiger partial charge in [0.1, 0.15) is 5.76 Å². The molecular formula is C20H26N4O2. The number of hydrogen-bond acceptors (Lipinski definition) is 3. The molecule has 0 atom stereocenters. The Kier molecular flexibility index (Phi) is 6.30. The van der Waals surface area contributed by atoms with Crippen LogP contribution in [0.4, 0.5) is 0 Å². The molecule has 1 fully saturated rings. The Morgan fingerprint density at radius 3 is 2.65 bits per heavy atom. The number of guanidine groups is 1. The topological polar surface area (TPSA) is 69.9 Å². The average Bonchev–Trinajstić information content (AvgIpc) is 3.31. The van der Waals surface area contributed by atoms with Crippen LogP contribution in [0.25, 0.3) is 0 Å². The van der Waals surface area contributed by atoms with Gasteiger partial charge in [-0.1, -0.05) is 24.3 Å². The van der Waals surface area contributed by atoms with Crippen LogP contribution in [0.1, 0.15) is 29.7 Å². The van der Waals surface area contributed by atoms with Crippen LogP contribution in [0.3, 0.4) is 0 Å². The maximum Gasteiger partial charge on any atom is 0.222 e. The minimum atomic E-state index is 0.264. The van der Waals surface area contributed by atoms with Crippen molar-refractivity contribution in [2.75, 3.05) is 20.1 Å². The number of nitrogens with one attached hydrogen (secondary N) is 2. The van der Waals surface area contributed by atoms with E-state index in [0.29, 0.717) is 19.5 Å². The number of aliphatic imine (C=N–C) groups is 1. The van der Waals surface area contributed by atoms with Gasteiger partial charge >= 0.3 is 0 Å². The molecule has 1 aromatic heterocycles. The Balaban J connectivity index is 1.42. The minimum Gasteiger partial charge on any atom is -0.469 e. The molecule has 0 aliphatic carbocycles. The van der Waals surface area contributed by atoms with E-state index < -0.39 is 0 Å². The highest BCUT2D eigenvalue weighted by atomic mass is 16.3. The smallest absolute Gasteiger partial charge is 0.222 e. The third-order valence-electron chi connectivity index (χ3n) is 4.50. The van der Waals surface area contributed by atoms with Crippen LogP contribution in [0.15, 0.2) is 52.1 Å². The Labute approximate surface area is 154 Å². The fraction of sp³-hybridized carbons (Fsp3) is 0.400. The highest BCUT2D eigenvalue weighted by molar-refractivity contribution is 5.79. The largest absolute Gasteiger partial charge is 0.469 e. The van der Waals surface area contributed by atoms with Crippen LogP contribution in [-0.4, -0.2) is 36.9 Å². The molecule has 26 heavy (non-hydrogen) atoms. The SMILES string of the molecule is CN=C(NCCc1ccco1)NCc1ccc(CN2CCCC2=O)cc1. The second-order valence-corrected chi connectivity index (χ2v) is 6.42. The van der Waals surface area contributed by atoms with Crippen LogP contribution in [-0.2, 0) is 24.3 Å². The van der Waals surface area contributed by atoms with Gasteiger partial charge in [-0.05, 0) is 29.7 Å². The van der Waals surface area contributed by atoms with Gasteiger partial charge in [0, 0.05) is 46.1 Å². The van der Waals surface area contributed by atoms with E-state index in [-0.39, 0.29) is 5.91 Å². The number of hydrogen-bond donors (Lipinski definition) is 2. The Morgan fingerprint density at radius 2 is 2.00 bits per heavy atom. The zero-order valence-corrected chi connectivity index (χ0v) is 15.2. The number of furan rings is 1. The first-order chi connectivity index (χ1) is 12.7. The molecule has 2 N–H and O–H groups in total. The number of benzene rings is 1. The molecule has 6 heteroatoms. The summed E-state index contributed by atoms with van der Waals surface area (Å²) in [7, 11) is 1.76. The molecular weight excluding hydrogens is 328 g/mol. The van der Waals surface area contributed by atoms with Crippen molar-refractivity contribution in [3.05, 3.63) is 59.5 Å². The zero-order valence-electron chi connectivity index (χ0n) is 15.2. The molecule has 1 aromatic carbocycles. The van der Waals surface area contributed by atoms with Gasteiger partial charge in [0.05, 0.1) is 6.26 Å². The fourth-order valence-corrected chi connectivity index (χ4v) is 3.02. The number of carbonyl (C=O) groups is 1. The van der Waals surface area contributed by atoms with Gasteiger partial charge < -0.3 is 20.0 Å². The van der Waals surface area contributed by atoms with Crippen molar-refractivity contribution in [2.45, 2.75) is 32.4 Å². The maximum atomic E-state index is 11.7. The van der Waals surface area contributed by atoms with Crippen LogP contribution in [0.5, 0.6) is 0 Å². The molecule has 1 saturated heterocycles. The number of amides is 1. The molecule has 2 aromatic rings. The van der Waals surface area contributed by atoms with Crippen molar-refractivity contribution in [3.63, 3.8) is 0 Å². The summed E-state index contributed by atoms with van der Waals surface area (Å²) in [6.07, 6.45) is 4.17. The molecule has 0 spiro atoms. The predicted octanol–water partition coefficient (Wildman–Crippen LogP) is 2.31. The van der Waals surface area contributed by atoms with Crippen LogP contribution >= 0.6 is 0 Å². The molecule has 0 radical (unpaired) electrons. The summed E-state index contributed by atoms with van der Waals surface area (Å²) < 4.78 is 5.32. The molecule has 0 saturated carbocycles. The van der Waals surface area contributed by atoms with Crippen molar-refractivity contribution < 1.29 is 9.21 Å². The highest BCUT2D eigenvalue weighted by Gasteiger charge is 2.19. The predicted molar refractivity (Wildman–Crippen MR) is 102 cm³/mol. The average molecular weight is 354 g/mol. The van der Waals surface area contributed by atoms with Gasteiger partial charge in [-0.2, -0.15) is 0 Å². The van der Waals surface area contributed by atoms with E-state index in [9.17, 15) is 4.79 Å². The monoisotopic (exact) mass is 354 g/mol. The summed E-state index contributed by atoms with van der Waals surface area (Å²) in [5.74, 6) is 1.99. The lowest BCUT2D eigenvalue weighted by atomic mass is 10.1.